The van der Waals surface area contributed by atoms with Gasteiger partial charge in [0.05, 0.1) is 26.4 Å². The van der Waals surface area contributed by atoms with E-state index in [1.165, 1.54) is 7.11 Å². The molecule has 26 heavy (non-hydrogen) atoms. The van der Waals surface area contributed by atoms with Gasteiger partial charge in [-0.25, -0.2) is 4.79 Å². The van der Waals surface area contributed by atoms with Crippen molar-refractivity contribution in [3.63, 3.8) is 0 Å². The molecule has 0 saturated heterocycles. The molecule has 0 saturated carbocycles. The van der Waals surface area contributed by atoms with Crippen LogP contribution >= 0.6 is 0 Å². The van der Waals surface area contributed by atoms with Gasteiger partial charge in [-0.2, -0.15) is 0 Å². The second-order valence-electron chi connectivity index (χ2n) is 5.71. The summed E-state index contributed by atoms with van der Waals surface area (Å²) in [5.74, 6) is 1.36. The zero-order valence-corrected chi connectivity index (χ0v) is 15.5. The third kappa shape index (κ3) is 5.67. The highest BCUT2D eigenvalue weighted by Crippen LogP contribution is 2.25. The quantitative estimate of drug-likeness (QED) is 0.638. The van der Waals surface area contributed by atoms with Crippen LogP contribution in [0, 0.1) is 0 Å². The van der Waals surface area contributed by atoms with Crippen molar-refractivity contribution in [2.75, 3.05) is 27.9 Å². The summed E-state index contributed by atoms with van der Waals surface area (Å²) >= 11 is 0. The summed E-state index contributed by atoms with van der Waals surface area (Å²) in [7, 11) is 4.56. The molecule has 6 heteroatoms. The van der Waals surface area contributed by atoms with Gasteiger partial charge >= 0.3 is 5.97 Å². The molecule has 2 aromatic rings. The van der Waals surface area contributed by atoms with Gasteiger partial charge in [0, 0.05) is 13.2 Å². The van der Waals surface area contributed by atoms with Crippen LogP contribution in [0.1, 0.15) is 22.8 Å². The first-order chi connectivity index (χ1) is 12.5. The van der Waals surface area contributed by atoms with Crippen molar-refractivity contribution in [3.8, 4) is 17.2 Å². The Morgan fingerprint density at radius 2 is 1.65 bits per heavy atom. The van der Waals surface area contributed by atoms with E-state index in [-0.39, 0.29) is 6.10 Å². The van der Waals surface area contributed by atoms with E-state index < -0.39 is 5.97 Å². The number of hydrogen-bond donors (Lipinski definition) is 0. The van der Waals surface area contributed by atoms with Crippen LogP contribution in [-0.4, -0.2) is 40.0 Å². The van der Waals surface area contributed by atoms with Gasteiger partial charge in [0.15, 0.2) is 0 Å². The summed E-state index contributed by atoms with van der Waals surface area (Å²) in [5, 5.41) is 0. The Kier molecular flexibility index (Phi) is 7.29. The fourth-order valence-electron chi connectivity index (χ4n) is 2.35. The van der Waals surface area contributed by atoms with Crippen molar-refractivity contribution in [2.45, 2.75) is 19.6 Å². The van der Waals surface area contributed by atoms with Crippen molar-refractivity contribution >= 4 is 5.97 Å². The summed E-state index contributed by atoms with van der Waals surface area (Å²) in [6, 6.07) is 12.6. The van der Waals surface area contributed by atoms with E-state index in [0.717, 1.165) is 11.3 Å². The highest BCUT2D eigenvalue weighted by molar-refractivity contribution is 5.90. The van der Waals surface area contributed by atoms with E-state index in [4.69, 9.17) is 23.7 Å². The molecule has 0 amide bonds. The molecule has 2 aromatic carbocycles. The van der Waals surface area contributed by atoms with Crippen molar-refractivity contribution in [1.29, 1.82) is 0 Å². The van der Waals surface area contributed by atoms with Crippen LogP contribution in [0.3, 0.4) is 0 Å². The summed E-state index contributed by atoms with van der Waals surface area (Å²) < 4.78 is 26.6. The SMILES string of the molecule is COC[C@H](C)Oc1cc(OCc2ccc(OC)cc2)cc(C(=O)OC)c1. The molecule has 0 radical (unpaired) electrons. The Balaban J connectivity index is 2.15. The minimum Gasteiger partial charge on any atom is -0.497 e. The van der Waals surface area contributed by atoms with Crippen molar-refractivity contribution < 1.29 is 28.5 Å². The molecule has 6 nitrogen and oxygen atoms in total. The number of esters is 1. The van der Waals surface area contributed by atoms with Crippen LogP contribution < -0.4 is 14.2 Å². The molecule has 0 heterocycles. The van der Waals surface area contributed by atoms with Crippen LogP contribution in [0.4, 0.5) is 0 Å². The maximum absolute atomic E-state index is 11.9. The molecule has 0 aliphatic rings. The lowest BCUT2D eigenvalue weighted by atomic mass is 10.2. The van der Waals surface area contributed by atoms with Crippen molar-refractivity contribution in [2.24, 2.45) is 0 Å². The number of benzene rings is 2. The minimum absolute atomic E-state index is 0.165. The molecule has 0 bridgehead atoms. The second kappa shape index (κ2) is 9.68. The second-order valence-corrected chi connectivity index (χ2v) is 5.71. The van der Waals surface area contributed by atoms with E-state index in [1.54, 1.807) is 32.4 Å². The Hall–Kier alpha value is -2.73. The number of methoxy groups -OCH3 is 3. The molecule has 0 fully saturated rings. The molecule has 0 aliphatic carbocycles. The molecule has 0 unspecified atom stereocenters. The van der Waals surface area contributed by atoms with E-state index >= 15 is 0 Å². The van der Waals surface area contributed by atoms with Gasteiger partial charge < -0.3 is 23.7 Å². The summed E-state index contributed by atoms with van der Waals surface area (Å²) in [6.45, 7) is 2.67. The lowest BCUT2D eigenvalue weighted by Crippen LogP contribution is -2.18. The summed E-state index contributed by atoms with van der Waals surface area (Å²) in [4.78, 5) is 11.9. The predicted octanol–water partition coefficient (Wildman–Crippen LogP) is 3.47. The molecule has 0 spiro atoms. The van der Waals surface area contributed by atoms with E-state index in [9.17, 15) is 4.79 Å². The molecule has 0 aliphatic heterocycles. The molecular formula is C20H24O6. The molecule has 0 aromatic heterocycles. The van der Waals surface area contributed by atoms with Gasteiger partial charge in [-0.3, -0.25) is 0 Å². The van der Waals surface area contributed by atoms with Crippen LogP contribution in [-0.2, 0) is 16.1 Å². The molecule has 1 atom stereocenters. The Morgan fingerprint density at radius 1 is 0.962 bits per heavy atom. The number of rotatable bonds is 9. The van der Waals surface area contributed by atoms with Crippen LogP contribution in [0.25, 0.3) is 0 Å². The third-order valence-electron chi connectivity index (χ3n) is 3.60. The van der Waals surface area contributed by atoms with E-state index in [2.05, 4.69) is 0 Å². The fraction of sp³-hybridized carbons (Fsp3) is 0.350. The number of hydrogen-bond acceptors (Lipinski definition) is 6. The molecule has 2 rings (SSSR count). The van der Waals surface area contributed by atoms with Crippen molar-refractivity contribution in [3.05, 3.63) is 53.6 Å². The zero-order chi connectivity index (χ0) is 18.9. The Morgan fingerprint density at radius 3 is 2.27 bits per heavy atom. The highest BCUT2D eigenvalue weighted by Gasteiger charge is 2.13. The summed E-state index contributed by atoms with van der Waals surface area (Å²) in [6.07, 6.45) is -0.165. The Bertz CT molecular complexity index is 711. The molecule has 140 valence electrons. The maximum atomic E-state index is 11.9. The fourth-order valence-corrected chi connectivity index (χ4v) is 2.35. The first-order valence-electron chi connectivity index (χ1n) is 8.20. The van der Waals surface area contributed by atoms with Crippen LogP contribution in [0.15, 0.2) is 42.5 Å². The third-order valence-corrected chi connectivity index (χ3v) is 3.60. The maximum Gasteiger partial charge on any atom is 0.338 e. The van der Waals surface area contributed by atoms with Gasteiger partial charge in [0.25, 0.3) is 0 Å². The normalized spacial score (nSPS) is 11.5. The average Bonchev–Trinajstić information content (AvgIpc) is 2.66. The summed E-state index contributed by atoms with van der Waals surface area (Å²) in [5.41, 5.74) is 1.34. The number of carbonyl (C=O) groups is 1. The van der Waals surface area contributed by atoms with Gasteiger partial charge in [0.1, 0.15) is 30.0 Å². The topological polar surface area (TPSA) is 63.2 Å². The predicted molar refractivity (Wildman–Crippen MR) is 97.1 cm³/mol. The zero-order valence-electron chi connectivity index (χ0n) is 15.5. The lowest BCUT2D eigenvalue weighted by Gasteiger charge is -2.16. The van der Waals surface area contributed by atoms with Crippen molar-refractivity contribution in [1.82, 2.24) is 0 Å². The highest BCUT2D eigenvalue weighted by atomic mass is 16.5. The first kappa shape index (κ1) is 19.6. The Labute approximate surface area is 153 Å². The number of carbonyl (C=O) groups excluding carboxylic acids is 1. The van der Waals surface area contributed by atoms with Crippen LogP contribution in [0.5, 0.6) is 17.2 Å². The minimum atomic E-state index is -0.454. The van der Waals surface area contributed by atoms with Gasteiger partial charge in [0.2, 0.25) is 0 Å². The van der Waals surface area contributed by atoms with Crippen LogP contribution in [0.2, 0.25) is 0 Å². The average molecular weight is 360 g/mol. The smallest absolute Gasteiger partial charge is 0.338 e. The van der Waals surface area contributed by atoms with Gasteiger partial charge in [-0.15, -0.1) is 0 Å². The van der Waals surface area contributed by atoms with Gasteiger partial charge in [-0.1, -0.05) is 12.1 Å². The largest absolute Gasteiger partial charge is 0.497 e. The molecule has 0 N–H and O–H groups in total. The number of ether oxygens (including phenoxy) is 5. The van der Waals surface area contributed by atoms with E-state index in [1.807, 2.05) is 31.2 Å². The standard InChI is InChI=1S/C20H24O6/c1-14(12-22-2)26-19-10-16(20(21)24-4)9-18(11-19)25-13-15-5-7-17(23-3)8-6-15/h5-11,14H,12-13H2,1-4H3/t14-/m0/s1. The molecular weight excluding hydrogens is 336 g/mol. The van der Waals surface area contributed by atoms with Gasteiger partial charge in [-0.05, 0) is 36.8 Å². The van der Waals surface area contributed by atoms with E-state index in [0.29, 0.717) is 30.3 Å². The monoisotopic (exact) mass is 360 g/mol. The lowest BCUT2D eigenvalue weighted by molar-refractivity contribution is 0.0598. The first-order valence-corrected chi connectivity index (χ1v) is 8.20.